The van der Waals surface area contributed by atoms with Gasteiger partial charge in [-0.05, 0) is 61.1 Å². The Hall–Kier alpha value is -2.29. The Bertz CT molecular complexity index is 1030. The van der Waals surface area contributed by atoms with E-state index in [0.717, 1.165) is 24.2 Å². The lowest BCUT2D eigenvalue weighted by atomic mass is 10.2. The fourth-order valence-electron chi connectivity index (χ4n) is 3.30. The smallest absolute Gasteiger partial charge is 0.248 e. The number of nitrogens with one attached hydrogen (secondary N) is 1. The Morgan fingerprint density at radius 3 is 2.60 bits per heavy atom. The summed E-state index contributed by atoms with van der Waals surface area (Å²) in [5, 5.41) is 2.82. The second-order valence-corrected chi connectivity index (χ2v) is 9.72. The number of hydrogen-bond donors (Lipinski definition) is 1. The number of carbonyl (C=O) groups is 1. The monoisotopic (exact) mass is 446 g/mol. The van der Waals surface area contributed by atoms with Crippen LogP contribution in [0.25, 0.3) is 6.08 Å². The molecule has 3 rings (SSSR count). The number of carbonyl (C=O) groups excluding carboxylic acids is 1. The van der Waals surface area contributed by atoms with E-state index >= 15 is 0 Å². The first-order chi connectivity index (χ1) is 14.4. The molecule has 1 fully saturated rings. The number of methoxy groups -OCH3 is 1. The molecule has 0 bridgehead atoms. The number of rotatable bonds is 7. The second kappa shape index (κ2) is 10.1. The van der Waals surface area contributed by atoms with Crippen LogP contribution in [0.15, 0.2) is 58.3 Å². The topological polar surface area (TPSA) is 75.7 Å². The van der Waals surface area contributed by atoms with Crippen molar-refractivity contribution in [2.45, 2.75) is 29.1 Å². The van der Waals surface area contributed by atoms with Crippen molar-refractivity contribution in [1.82, 2.24) is 4.31 Å². The molecule has 30 heavy (non-hydrogen) atoms. The van der Waals surface area contributed by atoms with Crippen LogP contribution < -0.4 is 10.1 Å². The minimum atomic E-state index is -3.65. The van der Waals surface area contributed by atoms with Gasteiger partial charge in [0, 0.05) is 29.7 Å². The van der Waals surface area contributed by atoms with Gasteiger partial charge in [-0.3, -0.25) is 4.79 Å². The quantitative estimate of drug-likeness (QED) is 0.508. The zero-order valence-corrected chi connectivity index (χ0v) is 18.8. The van der Waals surface area contributed by atoms with E-state index in [9.17, 15) is 13.2 Å². The predicted molar refractivity (Wildman–Crippen MR) is 121 cm³/mol. The standard InChI is InChI=1S/C22H26N2O4S2/c1-28-20-11-9-17(15-21(20)30(26,27)24-13-4-3-5-14-24)10-12-22(25)23-18-7-6-8-19(16-18)29-2/h6-12,15-16H,3-5,13-14H2,1-2H3,(H,23,25). The molecule has 6 nitrogen and oxygen atoms in total. The summed E-state index contributed by atoms with van der Waals surface area (Å²) < 4.78 is 33.0. The van der Waals surface area contributed by atoms with Gasteiger partial charge in [-0.1, -0.05) is 18.6 Å². The van der Waals surface area contributed by atoms with Crippen LogP contribution in [0.1, 0.15) is 24.8 Å². The van der Waals surface area contributed by atoms with Crippen molar-refractivity contribution >= 4 is 39.5 Å². The molecule has 0 unspecified atom stereocenters. The van der Waals surface area contributed by atoms with E-state index in [1.165, 1.54) is 17.5 Å². The van der Waals surface area contributed by atoms with Crippen LogP contribution in [0.5, 0.6) is 5.75 Å². The van der Waals surface area contributed by atoms with Crippen molar-refractivity contribution in [3.05, 3.63) is 54.1 Å². The first-order valence-corrected chi connectivity index (χ1v) is 12.4. The largest absolute Gasteiger partial charge is 0.495 e. The highest BCUT2D eigenvalue weighted by Crippen LogP contribution is 2.30. The number of ether oxygens (including phenoxy) is 1. The zero-order chi connectivity index (χ0) is 21.6. The van der Waals surface area contributed by atoms with E-state index in [2.05, 4.69) is 5.32 Å². The summed E-state index contributed by atoms with van der Waals surface area (Å²) in [7, 11) is -2.20. The maximum Gasteiger partial charge on any atom is 0.248 e. The molecule has 1 heterocycles. The summed E-state index contributed by atoms with van der Waals surface area (Å²) in [6.45, 7) is 1.03. The molecule has 1 N–H and O–H groups in total. The molecule has 8 heteroatoms. The van der Waals surface area contributed by atoms with E-state index in [4.69, 9.17) is 4.74 Å². The van der Waals surface area contributed by atoms with Gasteiger partial charge in [0.25, 0.3) is 0 Å². The van der Waals surface area contributed by atoms with Crippen LogP contribution in [0.4, 0.5) is 5.69 Å². The molecule has 0 aromatic heterocycles. The number of nitrogens with zero attached hydrogens (tertiary/aromatic N) is 1. The predicted octanol–water partition coefficient (Wildman–Crippen LogP) is 4.24. The molecule has 0 atom stereocenters. The fraction of sp³-hybridized carbons (Fsp3) is 0.318. The number of amides is 1. The van der Waals surface area contributed by atoms with Gasteiger partial charge in [-0.15, -0.1) is 11.8 Å². The Morgan fingerprint density at radius 2 is 1.90 bits per heavy atom. The van der Waals surface area contributed by atoms with Crippen LogP contribution in [0.2, 0.25) is 0 Å². The Labute approximate surface area is 182 Å². The van der Waals surface area contributed by atoms with Crippen LogP contribution in [-0.2, 0) is 14.8 Å². The van der Waals surface area contributed by atoms with Gasteiger partial charge >= 0.3 is 0 Å². The Balaban J connectivity index is 1.79. The zero-order valence-electron chi connectivity index (χ0n) is 17.1. The summed E-state index contributed by atoms with van der Waals surface area (Å²) in [5.41, 5.74) is 1.32. The van der Waals surface area contributed by atoms with Gasteiger partial charge in [-0.25, -0.2) is 8.42 Å². The second-order valence-electron chi connectivity index (χ2n) is 6.93. The first-order valence-electron chi connectivity index (χ1n) is 9.75. The van der Waals surface area contributed by atoms with Crippen molar-refractivity contribution in [1.29, 1.82) is 0 Å². The van der Waals surface area contributed by atoms with Crippen LogP contribution in [-0.4, -0.2) is 45.1 Å². The normalized spacial score (nSPS) is 15.3. The van der Waals surface area contributed by atoms with Crippen LogP contribution in [0.3, 0.4) is 0 Å². The van der Waals surface area contributed by atoms with E-state index in [1.807, 2.05) is 30.5 Å². The molecular weight excluding hydrogens is 420 g/mol. The first kappa shape index (κ1) is 22.4. The summed E-state index contributed by atoms with van der Waals surface area (Å²) in [6, 6.07) is 12.5. The summed E-state index contributed by atoms with van der Waals surface area (Å²) in [5.74, 6) is 0.0144. The van der Waals surface area contributed by atoms with Gasteiger partial charge in [0.05, 0.1) is 7.11 Å². The third-order valence-electron chi connectivity index (χ3n) is 4.88. The highest BCUT2D eigenvalue weighted by atomic mass is 32.2. The highest BCUT2D eigenvalue weighted by Gasteiger charge is 2.28. The van der Waals surface area contributed by atoms with Gasteiger partial charge in [0.1, 0.15) is 10.6 Å². The van der Waals surface area contributed by atoms with Crippen molar-refractivity contribution in [3.8, 4) is 5.75 Å². The molecule has 2 aromatic rings. The number of piperidine rings is 1. The van der Waals surface area contributed by atoms with E-state index in [0.29, 0.717) is 30.1 Å². The minimum absolute atomic E-state index is 0.127. The van der Waals surface area contributed by atoms with E-state index < -0.39 is 10.0 Å². The fourth-order valence-corrected chi connectivity index (χ4v) is 5.47. The third kappa shape index (κ3) is 5.44. The van der Waals surface area contributed by atoms with Crippen molar-refractivity contribution in [2.24, 2.45) is 0 Å². The summed E-state index contributed by atoms with van der Waals surface area (Å²) >= 11 is 1.60. The van der Waals surface area contributed by atoms with Crippen molar-refractivity contribution < 1.29 is 17.9 Å². The number of hydrogen-bond acceptors (Lipinski definition) is 5. The summed E-state index contributed by atoms with van der Waals surface area (Å²) in [6.07, 6.45) is 7.73. The maximum absolute atomic E-state index is 13.1. The molecule has 0 aliphatic carbocycles. The van der Waals surface area contributed by atoms with Crippen molar-refractivity contribution in [3.63, 3.8) is 0 Å². The van der Waals surface area contributed by atoms with E-state index in [1.54, 1.807) is 36.0 Å². The molecule has 2 aromatic carbocycles. The molecule has 0 saturated carbocycles. The number of sulfonamides is 1. The molecular formula is C22H26N2O4S2. The molecule has 160 valence electrons. The highest BCUT2D eigenvalue weighted by molar-refractivity contribution is 7.98. The average Bonchev–Trinajstić information content (AvgIpc) is 2.78. The minimum Gasteiger partial charge on any atom is -0.495 e. The lowest BCUT2D eigenvalue weighted by molar-refractivity contribution is -0.111. The van der Waals surface area contributed by atoms with Gasteiger partial charge < -0.3 is 10.1 Å². The van der Waals surface area contributed by atoms with E-state index in [-0.39, 0.29) is 10.8 Å². The van der Waals surface area contributed by atoms with Crippen LogP contribution >= 0.6 is 11.8 Å². The molecule has 1 aliphatic heterocycles. The Kier molecular flexibility index (Phi) is 7.58. The number of benzene rings is 2. The maximum atomic E-state index is 13.1. The SMILES string of the molecule is COc1ccc(C=CC(=O)Nc2cccc(SC)c2)cc1S(=O)(=O)N1CCCCC1. The average molecular weight is 447 g/mol. The molecule has 1 aliphatic rings. The molecule has 1 amide bonds. The summed E-state index contributed by atoms with van der Waals surface area (Å²) in [4.78, 5) is 13.5. The molecule has 1 saturated heterocycles. The van der Waals surface area contributed by atoms with Gasteiger partial charge in [0.15, 0.2) is 0 Å². The third-order valence-corrected chi connectivity index (χ3v) is 7.53. The number of thioether (sulfide) groups is 1. The lowest BCUT2D eigenvalue weighted by Gasteiger charge is -2.26. The molecule has 0 spiro atoms. The van der Waals surface area contributed by atoms with Crippen molar-refractivity contribution in [2.75, 3.05) is 31.8 Å². The molecule has 0 radical (unpaired) electrons. The number of anilines is 1. The van der Waals surface area contributed by atoms with Gasteiger partial charge in [-0.2, -0.15) is 4.31 Å². The Morgan fingerprint density at radius 1 is 1.13 bits per heavy atom. The van der Waals surface area contributed by atoms with Crippen LogP contribution in [0, 0.1) is 0 Å². The lowest BCUT2D eigenvalue weighted by Crippen LogP contribution is -2.35. The van der Waals surface area contributed by atoms with Gasteiger partial charge in [0.2, 0.25) is 15.9 Å².